The van der Waals surface area contributed by atoms with Crippen molar-refractivity contribution in [3.05, 3.63) is 53.9 Å². The highest BCUT2D eigenvalue weighted by Gasteiger charge is 2.11. The summed E-state index contributed by atoms with van der Waals surface area (Å²) in [5.74, 6) is -0.403. The van der Waals surface area contributed by atoms with Crippen LogP contribution in [-0.4, -0.2) is 42.6 Å². The molecule has 0 spiro atoms. The van der Waals surface area contributed by atoms with Gasteiger partial charge < -0.3 is 14.4 Å². The molecule has 0 saturated carbocycles. The number of benzene rings is 1. The molecule has 0 bridgehead atoms. The van der Waals surface area contributed by atoms with Crippen LogP contribution in [0.4, 0.5) is 5.95 Å². The number of methoxy groups -OCH3 is 1. The number of hydrogen-bond acceptors (Lipinski definition) is 7. The molecule has 0 saturated heterocycles. The molecule has 1 heterocycles. The summed E-state index contributed by atoms with van der Waals surface area (Å²) >= 11 is 0. The van der Waals surface area contributed by atoms with Gasteiger partial charge in [-0.25, -0.2) is 14.8 Å². The lowest BCUT2D eigenvalue weighted by atomic mass is 10.1. The summed E-state index contributed by atoms with van der Waals surface area (Å²) in [5.41, 5.74) is 1.12. The molecule has 1 aromatic heterocycles. The van der Waals surface area contributed by atoms with Crippen molar-refractivity contribution in [2.45, 2.75) is 6.61 Å². The van der Waals surface area contributed by atoms with Crippen molar-refractivity contribution >= 4 is 17.9 Å². The fourth-order valence-electron chi connectivity index (χ4n) is 1.87. The van der Waals surface area contributed by atoms with Gasteiger partial charge in [0.05, 0.1) is 12.7 Å². The van der Waals surface area contributed by atoms with Crippen LogP contribution in [0.5, 0.6) is 0 Å². The van der Waals surface area contributed by atoms with Gasteiger partial charge in [-0.3, -0.25) is 4.79 Å². The third-order valence-electron chi connectivity index (χ3n) is 3.01. The molecule has 0 radical (unpaired) electrons. The number of likely N-dealkylation sites (N-methyl/N-ethyl adjacent to an activating group) is 1. The van der Waals surface area contributed by atoms with Crippen LogP contribution < -0.4 is 4.90 Å². The van der Waals surface area contributed by atoms with E-state index in [4.69, 9.17) is 4.74 Å². The minimum Gasteiger partial charge on any atom is -0.465 e. The Morgan fingerprint density at radius 3 is 2.61 bits per heavy atom. The Labute approximate surface area is 133 Å². The first-order chi connectivity index (χ1) is 11.1. The Balaban J connectivity index is 1.88. The zero-order valence-electron chi connectivity index (χ0n) is 12.9. The van der Waals surface area contributed by atoms with Crippen molar-refractivity contribution in [3.8, 4) is 0 Å². The average Bonchev–Trinajstić information content (AvgIpc) is 2.60. The molecule has 7 nitrogen and oxygen atoms in total. The van der Waals surface area contributed by atoms with E-state index < -0.39 is 11.9 Å². The maximum atomic E-state index is 11.9. The molecule has 2 rings (SSSR count). The molecule has 0 aliphatic rings. The summed E-state index contributed by atoms with van der Waals surface area (Å²) in [6.45, 7) is 0.105. The lowest BCUT2D eigenvalue weighted by Gasteiger charge is -2.15. The van der Waals surface area contributed by atoms with Gasteiger partial charge in [0.15, 0.2) is 0 Å². The maximum Gasteiger partial charge on any atom is 0.337 e. The first-order valence-corrected chi connectivity index (χ1v) is 6.91. The van der Waals surface area contributed by atoms with Gasteiger partial charge in [0.2, 0.25) is 5.95 Å². The number of anilines is 1. The second-order valence-electron chi connectivity index (χ2n) is 4.76. The van der Waals surface area contributed by atoms with Crippen LogP contribution in [0.1, 0.15) is 15.9 Å². The molecular weight excluding hydrogens is 298 g/mol. The monoisotopic (exact) mass is 315 g/mol. The molecule has 0 N–H and O–H groups in total. The van der Waals surface area contributed by atoms with Gasteiger partial charge in [-0.05, 0) is 23.8 Å². The van der Waals surface area contributed by atoms with Crippen molar-refractivity contribution < 1.29 is 19.1 Å². The Hall–Kier alpha value is -2.96. The highest BCUT2D eigenvalue weighted by Crippen LogP contribution is 2.08. The molecule has 1 aromatic carbocycles. The van der Waals surface area contributed by atoms with E-state index >= 15 is 0 Å². The molecule has 0 aliphatic heterocycles. The highest BCUT2D eigenvalue weighted by atomic mass is 16.5. The Morgan fingerprint density at radius 1 is 1.17 bits per heavy atom. The van der Waals surface area contributed by atoms with Gasteiger partial charge in [-0.1, -0.05) is 12.1 Å². The molecule has 0 fully saturated rings. The zero-order chi connectivity index (χ0) is 16.7. The number of nitrogens with zero attached hydrogens (tertiary/aromatic N) is 3. The van der Waals surface area contributed by atoms with Crippen molar-refractivity contribution in [1.29, 1.82) is 0 Å². The van der Waals surface area contributed by atoms with Gasteiger partial charge in [0, 0.05) is 19.4 Å². The molecule has 23 heavy (non-hydrogen) atoms. The minimum atomic E-state index is -0.431. The van der Waals surface area contributed by atoms with E-state index in [1.165, 1.54) is 7.11 Å². The van der Waals surface area contributed by atoms with Crippen molar-refractivity contribution in [2.24, 2.45) is 0 Å². The summed E-state index contributed by atoms with van der Waals surface area (Å²) in [6, 6.07) is 8.44. The largest absolute Gasteiger partial charge is 0.465 e. The molecule has 120 valence electrons. The molecular formula is C16H17N3O4. The summed E-state index contributed by atoms with van der Waals surface area (Å²) < 4.78 is 9.85. The highest BCUT2D eigenvalue weighted by molar-refractivity contribution is 5.89. The van der Waals surface area contributed by atoms with E-state index in [1.807, 2.05) is 0 Å². The van der Waals surface area contributed by atoms with E-state index in [1.54, 1.807) is 54.7 Å². The van der Waals surface area contributed by atoms with Crippen molar-refractivity contribution in [2.75, 3.05) is 25.6 Å². The van der Waals surface area contributed by atoms with E-state index in [9.17, 15) is 9.59 Å². The van der Waals surface area contributed by atoms with Gasteiger partial charge in [-0.2, -0.15) is 0 Å². The van der Waals surface area contributed by atoms with Gasteiger partial charge in [0.1, 0.15) is 13.2 Å². The predicted octanol–water partition coefficient (Wildman–Crippen LogP) is 1.44. The molecule has 7 heteroatoms. The number of carbonyl (C=O) groups is 2. The number of aromatic nitrogens is 2. The fraction of sp³-hybridized carbons (Fsp3) is 0.250. The fourth-order valence-corrected chi connectivity index (χ4v) is 1.87. The number of rotatable bonds is 6. The van der Waals surface area contributed by atoms with Crippen molar-refractivity contribution in [1.82, 2.24) is 9.97 Å². The topological polar surface area (TPSA) is 81.6 Å². The summed E-state index contributed by atoms with van der Waals surface area (Å²) in [7, 11) is 3.02. The van der Waals surface area contributed by atoms with Gasteiger partial charge in [-0.15, -0.1) is 0 Å². The third-order valence-corrected chi connectivity index (χ3v) is 3.01. The molecule has 0 aliphatic carbocycles. The zero-order valence-corrected chi connectivity index (χ0v) is 12.9. The Bertz CT molecular complexity index is 676. The second-order valence-corrected chi connectivity index (χ2v) is 4.76. The predicted molar refractivity (Wildman–Crippen MR) is 82.9 cm³/mol. The van der Waals surface area contributed by atoms with Gasteiger partial charge >= 0.3 is 11.9 Å². The van der Waals surface area contributed by atoms with Crippen LogP contribution in [0.2, 0.25) is 0 Å². The average molecular weight is 315 g/mol. The van der Waals surface area contributed by atoms with Crippen LogP contribution in [0.15, 0.2) is 42.7 Å². The smallest absolute Gasteiger partial charge is 0.337 e. The van der Waals surface area contributed by atoms with Gasteiger partial charge in [0.25, 0.3) is 0 Å². The third kappa shape index (κ3) is 4.77. The van der Waals surface area contributed by atoms with Crippen LogP contribution in [0.3, 0.4) is 0 Å². The van der Waals surface area contributed by atoms with Crippen LogP contribution >= 0.6 is 0 Å². The van der Waals surface area contributed by atoms with Crippen LogP contribution in [0.25, 0.3) is 0 Å². The molecule has 2 aromatic rings. The lowest BCUT2D eigenvalue weighted by Crippen LogP contribution is -2.28. The normalized spacial score (nSPS) is 10.0. The Morgan fingerprint density at radius 2 is 1.91 bits per heavy atom. The first-order valence-electron chi connectivity index (χ1n) is 6.91. The maximum absolute atomic E-state index is 11.9. The number of hydrogen-bond donors (Lipinski definition) is 0. The number of carbonyl (C=O) groups excluding carboxylic acids is 2. The Kier molecular flexibility index (Phi) is 5.62. The number of ether oxygens (including phenoxy) is 2. The quantitative estimate of drug-likeness (QED) is 0.746. The summed E-state index contributed by atoms with van der Waals surface area (Å²) in [5, 5.41) is 0. The molecule has 0 unspecified atom stereocenters. The minimum absolute atomic E-state index is 0.0285. The lowest BCUT2D eigenvalue weighted by molar-refractivity contribution is -0.143. The standard InChI is InChI=1S/C16H17N3O4/c1-19(16-17-7-4-8-18-16)10-14(20)23-11-12-5-3-6-13(9-12)15(21)22-2/h3-9H,10-11H2,1-2H3. The van der Waals surface area contributed by atoms with E-state index in [0.717, 1.165) is 0 Å². The summed E-state index contributed by atoms with van der Waals surface area (Å²) in [4.78, 5) is 33.0. The van der Waals surface area contributed by atoms with E-state index in [2.05, 4.69) is 14.7 Å². The van der Waals surface area contributed by atoms with E-state index in [-0.39, 0.29) is 13.2 Å². The molecule has 0 amide bonds. The first kappa shape index (κ1) is 16.4. The van der Waals surface area contributed by atoms with Crippen molar-refractivity contribution in [3.63, 3.8) is 0 Å². The SMILES string of the molecule is COC(=O)c1cccc(COC(=O)CN(C)c2ncccn2)c1. The van der Waals surface area contributed by atoms with Crippen LogP contribution in [-0.2, 0) is 20.9 Å². The number of esters is 2. The van der Waals surface area contributed by atoms with Crippen LogP contribution in [0, 0.1) is 0 Å². The summed E-state index contributed by atoms with van der Waals surface area (Å²) in [6.07, 6.45) is 3.20. The second kappa shape index (κ2) is 7.88. The molecule has 0 atom stereocenters. The van der Waals surface area contributed by atoms with E-state index in [0.29, 0.717) is 17.1 Å².